The summed E-state index contributed by atoms with van der Waals surface area (Å²) in [6.45, 7) is 4.23. The van der Waals surface area contributed by atoms with Crippen molar-refractivity contribution in [2.24, 2.45) is 5.92 Å². The zero-order valence-corrected chi connectivity index (χ0v) is 6.72. The van der Waals surface area contributed by atoms with Crippen molar-refractivity contribution in [1.82, 2.24) is 0 Å². The molecule has 0 radical (unpaired) electrons. The zero-order chi connectivity index (χ0) is 7.40. The van der Waals surface area contributed by atoms with Crippen LogP contribution in [0.3, 0.4) is 0 Å². The maximum absolute atomic E-state index is 3.28. The lowest BCUT2D eigenvalue weighted by atomic mass is 10.1. The van der Waals surface area contributed by atoms with Gasteiger partial charge in [0.15, 0.2) is 0 Å². The van der Waals surface area contributed by atoms with Crippen molar-refractivity contribution in [3.05, 3.63) is 29.5 Å². The molecule has 0 N–H and O–H groups in total. The summed E-state index contributed by atoms with van der Waals surface area (Å²) in [5, 5.41) is 0. The minimum absolute atomic E-state index is 0.554. The van der Waals surface area contributed by atoms with Crippen molar-refractivity contribution >= 4 is 0 Å². The summed E-state index contributed by atoms with van der Waals surface area (Å²) in [4.78, 5) is 0. The molecule has 0 nitrogen and oxygen atoms in total. The van der Waals surface area contributed by atoms with Gasteiger partial charge in [-0.15, -0.1) is 5.73 Å². The van der Waals surface area contributed by atoms with Crippen LogP contribution in [0.25, 0.3) is 0 Å². The lowest BCUT2D eigenvalue weighted by Crippen LogP contribution is -1.78. The molecule has 1 saturated carbocycles. The number of rotatable bonds is 2. The Labute approximate surface area is 62.9 Å². The van der Waals surface area contributed by atoms with E-state index in [1.54, 1.807) is 0 Å². The van der Waals surface area contributed by atoms with Gasteiger partial charge in [-0.2, -0.15) is 0 Å². The second-order valence-electron chi connectivity index (χ2n) is 2.80. The van der Waals surface area contributed by atoms with Gasteiger partial charge in [-0.3, -0.25) is 0 Å². The van der Waals surface area contributed by atoms with Crippen LogP contribution in [0.1, 0.15) is 26.7 Å². The minimum Gasteiger partial charge on any atom is -0.125 e. The Morgan fingerprint density at radius 3 is 2.70 bits per heavy atom. The molecular weight excluding hydrogens is 120 g/mol. The van der Waals surface area contributed by atoms with Gasteiger partial charge in [0, 0.05) is 0 Å². The third-order valence-corrected chi connectivity index (χ3v) is 1.55. The maximum Gasteiger partial charge on any atom is -0.000604 e. The molecule has 1 atom stereocenters. The molecule has 0 spiro atoms. The molecule has 0 heteroatoms. The Morgan fingerprint density at radius 1 is 1.50 bits per heavy atom. The predicted molar refractivity (Wildman–Crippen MR) is 44.8 cm³/mol. The molecular formula is C10H14. The molecule has 0 aromatic heterocycles. The van der Waals surface area contributed by atoms with E-state index < -0.39 is 0 Å². The van der Waals surface area contributed by atoms with E-state index in [4.69, 9.17) is 0 Å². The molecule has 0 heterocycles. The lowest BCUT2D eigenvalue weighted by Gasteiger charge is -1.90. The first-order chi connectivity index (χ1) is 4.83. The molecule has 0 bridgehead atoms. The van der Waals surface area contributed by atoms with E-state index in [2.05, 4.69) is 37.8 Å². The molecule has 54 valence electrons. The first-order valence-electron chi connectivity index (χ1n) is 3.90. The van der Waals surface area contributed by atoms with Gasteiger partial charge in [0.05, 0.1) is 0 Å². The fourth-order valence-corrected chi connectivity index (χ4v) is 0.815. The fourth-order valence-electron chi connectivity index (χ4n) is 0.815. The second-order valence-corrected chi connectivity index (χ2v) is 2.80. The van der Waals surface area contributed by atoms with Gasteiger partial charge in [-0.25, -0.2) is 0 Å². The van der Waals surface area contributed by atoms with E-state index in [1.807, 2.05) is 0 Å². The molecule has 0 amide bonds. The summed E-state index contributed by atoms with van der Waals surface area (Å²) < 4.78 is 0. The summed E-state index contributed by atoms with van der Waals surface area (Å²) in [5.74, 6) is 0.554. The molecule has 1 rings (SSSR count). The summed E-state index contributed by atoms with van der Waals surface area (Å²) >= 11 is 0. The van der Waals surface area contributed by atoms with Crippen LogP contribution < -0.4 is 0 Å². The highest BCUT2D eigenvalue weighted by molar-refractivity contribution is 5.16. The van der Waals surface area contributed by atoms with Gasteiger partial charge < -0.3 is 0 Å². The van der Waals surface area contributed by atoms with Crippen molar-refractivity contribution in [3.63, 3.8) is 0 Å². The first kappa shape index (κ1) is 7.37. The Balaban J connectivity index is 2.43. The molecule has 0 aromatic carbocycles. The molecule has 1 fully saturated rings. The van der Waals surface area contributed by atoms with Gasteiger partial charge >= 0.3 is 0 Å². The normalized spacial score (nSPS) is 18.8. The van der Waals surface area contributed by atoms with Crippen LogP contribution in [-0.4, -0.2) is 0 Å². The van der Waals surface area contributed by atoms with E-state index in [1.165, 1.54) is 18.4 Å². The summed E-state index contributed by atoms with van der Waals surface area (Å²) in [7, 11) is 0. The Hall–Kier alpha value is -0.740. The number of hydrogen-bond donors (Lipinski definition) is 0. The summed E-state index contributed by atoms with van der Waals surface area (Å²) in [5.41, 5.74) is 4.76. The third kappa shape index (κ3) is 2.70. The predicted octanol–water partition coefficient (Wildman–Crippen LogP) is 3.07. The van der Waals surface area contributed by atoms with Crippen LogP contribution in [0.4, 0.5) is 0 Å². The van der Waals surface area contributed by atoms with E-state index >= 15 is 0 Å². The van der Waals surface area contributed by atoms with Crippen LogP contribution >= 0.6 is 0 Å². The van der Waals surface area contributed by atoms with Crippen molar-refractivity contribution < 1.29 is 0 Å². The topological polar surface area (TPSA) is 0 Å². The second kappa shape index (κ2) is 3.43. The standard InChI is InChI=1S/C10H14/c1-3-4-9(2)5-6-10-7-8-10/h3-5,9H,7-8H2,1-2H3. The van der Waals surface area contributed by atoms with Crippen LogP contribution in [0.15, 0.2) is 29.5 Å². The quantitative estimate of drug-likeness (QED) is 0.402. The van der Waals surface area contributed by atoms with Crippen molar-refractivity contribution in [2.45, 2.75) is 26.7 Å². The van der Waals surface area contributed by atoms with Crippen LogP contribution in [0.5, 0.6) is 0 Å². The maximum atomic E-state index is 3.28. The van der Waals surface area contributed by atoms with Crippen LogP contribution in [0, 0.1) is 5.92 Å². The first-order valence-corrected chi connectivity index (χ1v) is 3.90. The molecule has 0 saturated heterocycles. The molecule has 0 aliphatic heterocycles. The van der Waals surface area contributed by atoms with Gasteiger partial charge in [0.1, 0.15) is 0 Å². The molecule has 0 aromatic rings. The van der Waals surface area contributed by atoms with Crippen molar-refractivity contribution in [2.75, 3.05) is 0 Å². The molecule has 1 unspecified atom stereocenters. The summed E-state index contributed by atoms with van der Waals surface area (Å²) in [6, 6.07) is 0. The number of hydrogen-bond acceptors (Lipinski definition) is 0. The minimum atomic E-state index is 0.554. The number of allylic oxidation sites excluding steroid dienone is 3. The Kier molecular flexibility index (Phi) is 2.53. The fraction of sp³-hybridized carbons (Fsp3) is 0.500. The largest absolute Gasteiger partial charge is 0.125 e. The van der Waals surface area contributed by atoms with Crippen LogP contribution in [0.2, 0.25) is 0 Å². The highest BCUT2D eigenvalue weighted by atomic mass is 14.1. The lowest BCUT2D eigenvalue weighted by molar-refractivity contribution is 0.939. The van der Waals surface area contributed by atoms with E-state index in [9.17, 15) is 0 Å². The van der Waals surface area contributed by atoms with Crippen LogP contribution in [-0.2, 0) is 0 Å². The Morgan fingerprint density at radius 2 is 2.20 bits per heavy atom. The van der Waals surface area contributed by atoms with E-state index in [0.29, 0.717) is 5.92 Å². The van der Waals surface area contributed by atoms with E-state index in [0.717, 1.165) is 0 Å². The highest BCUT2D eigenvalue weighted by Crippen LogP contribution is 2.25. The average molecular weight is 134 g/mol. The summed E-state index contributed by atoms with van der Waals surface area (Å²) in [6.07, 6.45) is 8.96. The average Bonchev–Trinajstić information content (AvgIpc) is 2.67. The monoisotopic (exact) mass is 134 g/mol. The highest BCUT2D eigenvalue weighted by Gasteiger charge is 2.08. The van der Waals surface area contributed by atoms with Crippen molar-refractivity contribution in [1.29, 1.82) is 0 Å². The van der Waals surface area contributed by atoms with Gasteiger partial charge in [0.25, 0.3) is 0 Å². The van der Waals surface area contributed by atoms with Gasteiger partial charge in [0.2, 0.25) is 0 Å². The van der Waals surface area contributed by atoms with E-state index in [-0.39, 0.29) is 0 Å². The molecule has 1 aliphatic rings. The Bertz CT molecular complexity index is 184. The van der Waals surface area contributed by atoms with Gasteiger partial charge in [-0.05, 0) is 37.3 Å². The van der Waals surface area contributed by atoms with Crippen molar-refractivity contribution in [3.8, 4) is 0 Å². The molecule has 10 heavy (non-hydrogen) atoms. The smallest absolute Gasteiger partial charge is 0.000604 e. The molecule has 1 aliphatic carbocycles. The SMILES string of the molecule is CC=CC(C)C=C=C1CC1. The third-order valence-electron chi connectivity index (χ3n) is 1.55. The van der Waals surface area contributed by atoms with Gasteiger partial charge in [-0.1, -0.05) is 19.1 Å². The zero-order valence-electron chi connectivity index (χ0n) is 6.72.